The second kappa shape index (κ2) is 9.16. The minimum Gasteiger partial charge on any atom is -0.493 e. The molecule has 0 saturated heterocycles. The fourth-order valence-electron chi connectivity index (χ4n) is 2.99. The molecule has 1 fully saturated rings. The smallest absolute Gasteiger partial charge is 0.316 e. The Morgan fingerprint density at radius 2 is 1.81 bits per heavy atom. The standard InChI is InChI=1S/C19H22FN3O4/c1-25-16-4-2-3-5-17(16)26-12-18(24)23-14-6-8-15(9-7-14)27-19-21-10-13(20)11-22-19/h2-5,10-11,14-15H,6-9,12H2,1H3,(H,23,24). The number of ether oxygens (including phenoxy) is 3. The van der Waals surface area contributed by atoms with E-state index >= 15 is 0 Å². The number of carbonyl (C=O) groups is 1. The van der Waals surface area contributed by atoms with Gasteiger partial charge in [-0.05, 0) is 37.8 Å². The van der Waals surface area contributed by atoms with Crippen LogP contribution in [0.2, 0.25) is 0 Å². The molecule has 7 nitrogen and oxygen atoms in total. The van der Waals surface area contributed by atoms with Gasteiger partial charge in [0.2, 0.25) is 0 Å². The van der Waals surface area contributed by atoms with Crippen LogP contribution in [0.5, 0.6) is 17.5 Å². The van der Waals surface area contributed by atoms with E-state index in [0.717, 1.165) is 38.1 Å². The molecule has 0 atom stereocenters. The van der Waals surface area contributed by atoms with E-state index in [1.807, 2.05) is 12.1 Å². The van der Waals surface area contributed by atoms with E-state index < -0.39 is 5.82 Å². The number of para-hydroxylation sites is 2. The van der Waals surface area contributed by atoms with Crippen molar-refractivity contribution >= 4 is 5.91 Å². The molecular formula is C19H22FN3O4. The number of nitrogens with one attached hydrogen (secondary N) is 1. The van der Waals surface area contributed by atoms with Crippen LogP contribution in [0.1, 0.15) is 25.7 Å². The number of hydrogen-bond donors (Lipinski definition) is 1. The van der Waals surface area contributed by atoms with Gasteiger partial charge in [0.05, 0.1) is 19.5 Å². The minimum atomic E-state index is -0.496. The van der Waals surface area contributed by atoms with Crippen LogP contribution in [0, 0.1) is 5.82 Å². The molecule has 1 aliphatic rings. The molecule has 144 valence electrons. The van der Waals surface area contributed by atoms with Gasteiger partial charge in [0.1, 0.15) is 6.10 Å². The van der Waals surface area contributed by atoms with Crippen LogP contribution < -0.4 is 19.5 Å². The Balaban J connectivity index is 1.39. The molecule has 1 aromatic carbocycles. The Hall–Kier alpha value is -2.90. The summed E-state index contributed by atoms with van der Waals surface area (Å²) in [5, 5.41) is 2.98. The van der Waals surface area contributed by atoms with Crippen molar-refractivity contribution in [1.82, 2.24) is 15.3 Å². The topological polar surface area (TPSA) is 82.6 Å². The molecular weight excluding hydrogens is 353 g/mol. The van der Waals surface area contributed by atoms with E-state index in [9.17, 15) is 9.18 Å². The zero-order valence-corrected chi connectivity index (χ0v) is 15.1. The largest absolute Gasteiger partial charge is 0.493 e. The Morgan fingerprint density at radius 3 is 2.48 bits per heavy atom. The van der Waals surface area contributed by atoms with Gasteiger partial charge < -0.3 is 19.5 Å². The van der Waals surface area contributed by atoms with Gasteiger partial charge in [-0.25, -0.2) is 14.4 Å². The summed E-state index contributed by atoms with van der Waals surface area (Å²) in [6.45, 7) is -0.0692. The summed E-state index contributed by atoms with van der Waals surface area (Å²) in [6.07, 6.45) is 5.22. The molecule has 0 aliphatic heterocycles. The molecule has 0 bridgehead atoms. The lowest BCUT2D eigenvalue weighted by atomic mass is 9.93. The van der Waals surface area contributed by atoms with Gasteiger partial charge >= 0.3 is 6.01 Å². The zero-order valence-electron chi connectivity index (χ0n) is 15.1. The van der Waals surface area contributed by atoms with E-state index in [0.29, 0.717) is 11.5 Å². The van der Waals surface area contributed by atoms with Crippen molar-refractivity contribution in [3.05, 3.63) is 42.5 Å². The predicted octanol–water partition coefficient (Wildman–Crippen LogP) is 2.51. The first kappa shape index (κ1) is 18.9. The third-order valence-electron chi connectivity index (χ3n) is 4.34. The highest BCUT2D eigenvalue weighted by Crippen LogP contribution is 2.26. The lowest BCUT2D eigenvalue weighted by molar-refractivity contribution is -0.124. The molecule has 1 saturated carbocycles. The molecule has 1 amide bonds. The molecule has 8 heteroatoms. The molecule has 1 aromatic heterocycles. The van der Waals surface area contributed by atoms with Crippen LogP contribution in [0.4, 0.5) is 4.39 Å². The number of rotatable bonds is 7. The summed E-state index contributed by atoms with van der Waals surface area (Å²) in [7, 11) is 1.56. The summed E-state index contributed by atoms with van der Waals surface area (Å²) in [4.78, 5) is 19.7. The number of nitrogens with zero attached hydrogens (tertiary/aromatic N) is 2. The van der Waals surface area contributed by atoms with Crippen LogP contribution in [-0.4, -0.2) is 41.7 Å². The summed E-state index contributed by atoms with van der Waals surface area (Å²) in [5.74, 6) is 0.453. The number of halogens is 1. The maximum absolute atomic E-state index is 12.8. The van der Waals surface area contributed by atoms with Crippen molar-refractivity contribution in [2.45, 2.75) is 37.8 Å². The Bertz CT molecular complexity index is 749. The lowest BCUT2D eigenvalue weighted by Crippen LogP contribution is -2.41. The average molecular weight is 375 g/mol. The van der Waals surface area contributed by atoms with Crippen LogP contribution in [-0.2, 0) is 4.79 Å². The average Bonchev–Trinajstić information content (AvgIpc) is 2.70. The van der Waals surface area contributed by atoms with Crippen molar-refractivity contribution in [2.75, 3.05) is 13.7 Å². The molecule has 0 spiro atoms. The van der Waals surface area contributed by atoms with Crippen molar-refractivity contribution in [1.29, 1.82) is 0 Å². The van der Waals surface area contributed by atoms with Crippen LogP contribution in [0.15, 0.2) is 36.7 Å². The van der Waals surface area contributed by atoms with E-state index in [-0.39, 0.29) is 30.7 Å². The third kappa shape index (κ3) is 5.54. The maximum Gasteiger partial charge on any atom is 0.316 e. The molecule has 1 N–H and O–H groups in total. The fraction of sp³-hybridized carbons (Fsp3) is 0.421. The van der Waals surface area contributed by atoms with Gasteiger partial charge in [-0.15, -0.1) is 0 Å². The van der Waals surface area contributed by atoms with Crippen LogP contribution in [0.25, 0.3) is 0 Å². The number of amides is 1. The van der Waals surface area contributed by atoms with E-state index in [2.05, 4.69) is 15.3 Å². The second-order valence-electron chi connectivity index (χ2n) is 6.28. The van der Waals surface area contributed by atoms with Crippen molar-refractivity contribution in [3.63, 3.8) is 0 Å². The van der Waals surface area contributed by atoms with Gasteiger partial charge in [0, 0.05) is 6.04 Å². The fourth-order valence-corrected chi connectivity index (χ4v) is 2.99. The first-order chi connectivity index (χ1) is 13.1. The summed E-state index contributed by atoms with van der Waals surface area (Å²) in [6, 6.07) is 7.44. The first-order valence-corrected chi connectivity index (χ1v) is 8.83. The summed E-state index contributed by atoms with van der Waals surface area (Å²) in [5.41, 5.74) is 0. The first-order valence-electron chi connectivity index (χ1n) is 8.83. The molecule has 2 aromatic rings. The Kier molecular flexibility index (Phi) is 6.40. The number of aromatic nitrogens is 2. The van der Waals surface area contributed by atoms with Gasteiger partial charge in [-0.1, -0.05) is 12.1 Å². The van der Waals surface area contributed by atoms with Gasteiger partial charge in [0.15, 0.2) is 23.9 Å². The molecule has 1 aliphatic carbocycles. The zero-order chi connectivity index (χ0) is 19.1. The quantitative estimate of drug-likeness (QED) is 0.801. The monoisotopic (exact) mass is 375 g/mol. The van der Waals surface area contributed by atoms with E-state index in [1.54, 1.807) is 19.2 Å². The SMILES string of the molecule is COc1ccccc1OCC(=O)NC1CCC(Oc2ncc(F)cn2)CC1. The van der Waals surface area contributed by atoms with Gasteiger partial charge in [-0.3, -0.25) is 4.79 Å². The molecule has 0 unspecified atom stereocenters. The van der Waals surface area contributed by atoms with Crippen molar-refractivity contribution in [2.24, 2.45) is 0 Å². The Labute approximate surface area is 156 Å². The summed E-state index contributed by atoms with van der Waals surface area (Å²) >= 11 is 0. The molecule has 27 heavy (non-hydrogen) atoms. The van der Waals surface area contributed by atoms with Crippen molar-refractivity contribution < 1.29 is 23.4 Å². The maximum atomic E-state index is 12.8. The van der Waals surface area contributed by atoms with Gasteiger partial charge in [-0.2, -0.15) is 0 Å². The highest BCUT2D eigenvalue weighted by molar-refractivity contribution is 5.77. The number of carbonyl (C=O) groups excluding carboxylic acids is 1. The van der Waals surface area contributed by atoms with Crippen LogP contribution >= 0.6 is 0 Å². The highest BCUT2D eigenvalue weighted by Gasteiger charge is 2.24. The molecule has 0 radical (unpaired) electrons. The normalized spacial score (nSPS) is 19.2. The summed E-state index contributed by atoms with van der Waals surface area (Å²) < 4.78 is 29.2. The second-order valence-corrected chi connectivity index (χ2v) is 6.28. The van der Waals surface area contributed by atoms with Gasteiger partial charge in [0.25, 0.3) is 5.91 Å². The van der Waals surface area contributed by atoms with E-state index in [1.165, 1.54) is 0 Å². The highest BCUT2D eigenvalue weighted by atomic mass is 19.1. The number of hydrogen-bond acceptors (Lipinski definition) is 6. The van der Waals surface area contributed by atoms with Crippen LogP contribution in [0.3, 0.4) is 0 Å². The van der Waals surface area contributed by atoms with E-state index in [4.69, 9.17) is 14.2 Å². The minimum absolute atomic E-state index is 0.0338. The number of benzene rings is 1. The van der Waals surface area contributed by atoms with Crippen molar-refractivity contribution in [3.8, 4) is 17.5 Å². The third-order valence-corrected chi connectivity index (χ3v) is 4.34. The number of methoxy groups -OCH3 is 1. The Morgan fingerprint density at radius 1 is 1.15 bits per heavy atom. The molecule has 1 heterocycles. The molecule has 3 rings (SSSR count). The lowest BCUT2D eigenvalue weighted by Gasteiger charge is -2.28. The predicted molar refractivity (Wildman–Crippen MR) is 95.3 cm³/mol.